The molecule has 30 N–H and O–H groups in total. The number of nitrogens with one attached hydrogen (secondary N) is 2. The molecule has 149 heavy (non-hydrogen) atoms. The maximum atomic E-state index is 15.1. The minimum absolute atomic E-state index is 0.00298. The number of fused-ring (bicyclic) bond motifs is 10. The van der Waals surface area contributed by atoms with Crippen LogP contribution in [0.1, 0.15) is 183 Å². The summed E-state index contributed by atoms with van der Waals surface area (Å²) >= 11 is 0. The van der Waals surface area contributed by atoms with Crippen LogP contribution < -0.4 is 10.6 Å². The van der Waals surface area contributed by atoms with Crippen LogP contribution in [0.25, 0.3) is 0 Å². The highest BCUT2D eigenvalue weighted by Crippen LogP contribution is 2.71. The first-order chi connectivity index (χ1) is 70.8. The zero-order valence-electron chi connectivity index (χ0n) is 85.6. The summed E-state index contributed by atoms with van der Waals surface area (Å²) in [6.07, 6.45) is -53.8. The van der Waals surface area contributed by atoms with Gasteiger partial charge in [-0.15, -0.1) is 0 Å². The Hall–Kier alpha value is -2.82. The summed E-state index contributed by atoms with van der Waals surface area (Å²) in [6.45, 7) is 4.98. The molecule has 8 saturated carbocycles. The van der Waals surface area contributed by atoms with Crippen molar-refractivity contribution < 1.29 is 228 Å². The first-order valence-electron chi connectivity index (χ1n) is 54.2. The molecule has 19 unspecified atom stereocenters. The molecule has 860 valence electrons. The van der Waals surface area contributed by atoms with Crippen LogP contribution in [-0.4, -0.2) is 492 Å². The maximum Gasteiger partial charge on any atom is 0.220 e. The highest BCUT2D eigenvalue weighted by atomic mass is 16.8. The predicted molar refractivity (Wildman–Crippen MR) is 503 cm³/mol. The molecule has 59 atom stereocenters. The second-order valence-electron chi connectivity index (χ2n) is 47.6. The maximum absolute atomic E-state index is 15.1. The molecule has 8 heterocycles. The van der Waals surface area contributed by atoms with Crippen LogP contribution in [0.15, 0.2) is 0 Å². The largest absolute Gasteiger partial charge is 0.394 e. The fourth-order valence-corrected chi connectivity index (χ4v) is 30.4. The van der Waals surface area contributed by atoms with E-state index in [9.17, 15) is 143 Å². The van der Waals surface area contributed by atoms with Gasteiger partial charge in [0, 0.05) is 25.9 Å². The molecule has 8 aliphatic heterocycles. The Kier molecular flexibility index (Phi) is 39.3. The lowest BCUT2D eigenvalue weighted by atomic mass is 9.44. The Morgan fingerprint density at radius 3 is 0.826 bits per heavy atom. The van der Waals surface area contributed by atoms with Crippen molar-refractivity contribution in [2.24, 2.45) is 98.1 Å². The lowest BCUT2D eigenvalue weighted by molar-refractivity contribution is -0.364. The first-order valence-corrected chi connectivity index (χ1v) is 54.2. The number of amides is 2. The summed E-state index contributed by atoms with van der Waals surface area (Å²) in [5.41, 5.74) is -2.16. The lowest BCUT2D eigenvalue weighted by Gasteiger charge is -2.61. The fraction of sp³-hybridized carbons (Fsp3) is 0.980. The van der Waals surface area contributed by atoms with Gasteiger partial charge < -0.3 is 229 Å². The average Bonchev–Trinajstić information content (AvgIpc) is 1.65. The minimum Gasteiger partial charge on any atom is -0.394 e. The Morgan fingerprint density at radius 1 is 0.289 bits per heavy atom. The summed E-state index contributed by atoms with van der Waals surface area (Å²) in [5, 5.41) is 310. The van der Waals surface area contributed by atoms with E-state index >= 15 is 9.59 Å². The van der Waals surface area contributed by atoms with Crippen molar-refractivity contribution in [1.29, 1.82) is 0 Å². The van der Waals surface area contributed by atoms with Gasteiger partial charge in [0.2, 0.25) is 11.8 Å². The van der Waals surface area contributed by atoms with Gasteiger partial charge in [-0.1, -0.05) is 41.5 Å². The van der Waals surface area contributed by atoms with Crippen molar-refractivity contribution in [3.8, 4) is 0 Å². The predicted octanol–water partition coefficient (Wildman–Crippen LogP) is -8.34. The number of aliphatic hydroxyl groups is 28. The van der Waals surface area contributed by atoms with E-state index in [0.717, 1.165) is 89.9 Å². The first kappa shape index (κ1) is 119. The highest BCUT2D eigenvalue weighted by molar-refractivity contribution is 5.76. The molecular formula is C101H170N2O46. The minimum atomic E-state index is -2.11. The van der Waals surface area contributed by atoms with Crippen molar-refractivity contribution in [3.63, 3.8) is 0 Å². The van der Waals surface area contributed by atoms with Crippen LogP contribution >= 0.6 is 0 Å². The quantitative estimate of drug-likeness (QED) is 0.0255. The van der Waals surface area contributed by atoms with E-state index in [1.54, 1.807) is 0 Å². The zero-order chi connectivity index (χ0) is 108. The Labute approximate surface area is 865 Å². The van der Waals surface area contributed by atoms with E-state index < -0.39 is 354 Å². The molecule has 0 aromatic rings. The van der Waals surface area contributed by atoms with Crippen LogP contribution in [0.2, 0.25) is 0 Å². The van der Waals surface area contributed by atoms with Gasteiger partial charge in [-0.3, -0.25) is 9.59 Å². The molecule has 0 bridgehead atoms. The third-order valence-electron chi connectivity index (χ3n) is 39.3. The zero-order valence-corrected chi connectivity index (χ0v) is 85.6. The summed E-state index contributed by atoms with van der Waals surface area (Å²) in [6, 6.07) is 0. The van der Waals surface area contributed by atoms with Crippen molar-refractivity contribution in [1.82, 2.24) is 10.6 Å². The summed E-state index contributed by atoms with van der Waals surface area (Å²) in [5.74, 6) is 2.20. The molecule has 48 nitrogen and oxygen atoms in total. The number of rotatable bonds is 38. The van der Waals surface area contributed by atoms with Crippen molar-refractivity contribution >= 4 is 11.8 Å². The number of hydrogen-bond acceptors (Lipinski definition) is 46. The molecule has 0 aromatic heterocycles. The Bertz CT molecular complexity index is 3960. The van der Waals surface area contributed by atoms with E-state index in [0.29, 0.717) is 74.0 Å². The van der Waals surface area contributed by atoms with Crippen LogP contribution in [-0.2, 0) is 85.4 Å². The molecule has 8 saturated heterocycles. The standard InChI is InChI=1S/C101H170N2O46/c1-41(49-13-15-51-47-11-9-43-27-45(19-23-97(43,3)53(47)21-25-99(49,51)5)136-91-83(132)75(124)87(61(35-110)144-91)148-95-79(128)71(120)67(116)57(31-106)140-95)7-17-63(112)102-37-101(39-134-89-81(130)73(122)85(59(33-108)142-89)146-93-77(126)69(118)65(114)55(29-104)138-93,40-135-90-82(131)74(123)86(60(34-109)143-90)147-94-78(127)70(119)66(115)56(30-105)139-94)38-103-64(113)18-8-42(2)50-14-16-52-48-12-10-44-28-46(20-24-98(44,4)54(48)22-26-100(50,52)6)137-92-84(133)76(125)88(62(36-111)145-92)149-96-80(129)72(121)68(117)58(32-107)141-96/h41-62,65-96,104-111,114-133H,7-40H2,1-6H3,(H,102,112)(H,103,113)/t41?,42?,43?,44?,45-,46?,47?,48?,49?,50?,51?,52?,53?,54?,55-,56+,57+,58-,59-,60+,61+,62-,65-,66+,67+,68-,69+,70-,71-,72+,73-,74+,75+,76-,77-,78+,79+,80-,81-,82+,83+,84-,85-,86+,87+,88-,89-,90+,91?,92?,93+,94?,95?,96?,97+,98-,99-,100+,101?/m1/s1. The molecule has 0 aromatic carbocycles. The molecule has 0 spiro atoms. The van der Waals surface area contributed by atoms with Crippen molar-refractivity contribution in [2.75, 3.05) is 79.2 Å². The number of aliphatic hydroxyl groups excluding tert-OH is 28. The normalized spacial score (nSPS) is 51.4. The van der Waals surface area contributed by atoms with Gasteiger partial charge in [-0.05, 0) is 221 Å². The van der Waals surface area contributed by atoms with Crippen LogP contribution in [0.3, 0.4) is 0 Å². The van der Waals surface area contributed by atoms with Gasteiger partial charge >= 0.3 is 0 Å². The number of carbonyl (C=O) groups excluding carboxylic acids is 2. The molecule has 8 aliphatic carbocycles. The van der Waals surface area contributed by atoms with Crippen LogP contribution in [0, 0.1) is 98.1 Å². The van der Waals surface area contributed by atoms with E-state index in [1.165, 1.54) is 0 Å². The highest BCUT2D eigenvalue weighted by Gasteiger charge is 2.66. The molecule has 16 rings (SSSR count). The van der Waals surface area contributed by atoms with Crippen LogP contribution in [0.5, 0.6) is 0 Å². The molecular weight excluding hydrogens is 1980 g/mol. The molecule has 2 amide bonds. The number of carbonyl (C=O) groups is 2. The molecule has 0 radical (unpaired) electrons. The Morgan fingerprint density at radius 2 is 0.537 bits per heavy atom. The SMILES string of the molecule is CC(CCC(=O)NCC(CNC(=O)CCC(C)C1CCC2C3CCC4C[C@H](OC5O[C@@H](CO)[C@H](OC6O[C@@H](CO)[C@H](O)[C@@H](O)[C@@H]6O)[C@@H](O)[C@@H]5O)CC[C@]4(C)C3CC[C@]12C)(CO[C@H]1O[C@@H](CO)[C@H](OC2O[C@@H](CO)[C@H](O)[C@@H](O)[C@@H]2O)[C@@H](O)[C@@H]1O)CO[C@@H]1O[C@H](CO)[C@@H](O[C@@H]2O[C@H](CO)[C@@H](O)[C@H](O)[C@H]2O)[C@H](O)[C@H]1O)C1CCC2C3CCC4CC(OC5O[C@H](CO)[C@@H](OC6O[C@H](CO)[C@@H](O)[C@H](O)[C@H]6O)[C@H](O)[C@H]5O)CC[C@@]4(C)C3CC[C@@]12C. The van der Waals surface area contributed by atoms with Gasteiger partial charge in [-0.25, -0.2) is 0 Å². The summed E-state index contributed by atoms with van der Waals surface area (Å²) in [4.78, 5) is 30.2. The number of ether oxygens (including phenoxy) is 16. The Balaban J connectivity index is 0.588. The van der Waals surface area contributed by atoms with Gasteiger partial charge in [0.05, 0.1) is 83.7 Å². The monoisotopic (exact) mass is 2150 g/mol. The molecule has 16 fully saturated rings. The van der Waals surface area contributed by atoms with E-state index in [2.05, 4.69) is 52.2 Å². The molecule has 16 aliphatic rings. The van der Waals surface area contributed by atoms with Crippen LogP contribution in [0.4, 0.5) is 0 Å². The summed E-state index contributed by atoms with van der Waals surface area (Å²) < 4.78 is 95.9. The van der Waals surface area contributed by atoms with Gasteiger partial charge in [0.25, 0.3) is 0 Å². The van der Waals surface area contributed by atoms with Gasteiger partial charge in [0.15, 0.2) is 50.3 Å². The number of hydrogen-bond donors (Lipinski definition) is 30. The summed E-state index contributed by atoms with van der Waals surface area (Å²) in [7, 11) is 0. The fourth-order valence-electron chi connectivity index (χ4n) is 30.4. The second kappa shape index (κ2) is 49.4. The van der Waals surface area contributed by atoms with E-state index in [-0.39, 0.29) is 70.0 Å². The molecule has 48 heteroatoms. The second-order valence-corrected chi connectivity index (χ2v) is 47.6. The smallest absolute Gasteiger partial charge is 0.220 e. The van der Waals surface area contributed by atoms with Crippen molar-refractivity contribution in [3.05, 3.63) is 0 Å². The average molecular weight is 2150 g/mol. The van der Waals surface area contributed by atoms with Gasteiger partial charge in [0.1, 0.15) is 195 Å². The van der Waals surface area contributed by atoms with Crippen molar-refractivity contribution in [2.45, 2.75) is 441 Å². The lowest BCUT2D eigenvalue weighted by Crippen LogP contribution is -2.65. The van der Waals surface area contributed by atoms with E-state index in [4.69, 9.17) is 75.8 Å². The third kappa shape index (κ3) is 23.6. The topological polar surface area (TPSA) is 772 Å². The van der Waals surface area contributed by atoms with Gasteiger partial charge in [-0.2, -0.15) is 0 Å². The third-order valence-corrected chi connectivity index (χ3v) is 39.3. The van der Waals surface area contributed by atoms with E-state index in [1.807, 2.05) is 0 Å².